The van der Waals surface area contributed by atoms with Crippen molar-refractivity contribution in [3.63, 3.8) is 0 Å². The highest BCUT2D eigenvalue weighted by Crippen LogP contribution is 2.45. The minimum Gasteiger partial charge on any atom is -0.386 e. The zero-order valence-electron chi connectivity index (χ0n) is 15.5. The Labute approximate surface area is 168 Å². The number of halogens is 1. The maximum atomic E-state index is 12.8. The van der Waals surface area contributed by atoms with Crippen molar-refractivity contribution in [2.75, 3.05) is 5.75 Å². The number of nitrogens with two attached hydrogens (primary N) is 1. The number of aromatic nitrogens is 1. The molecular formula is C19H20ClN3O2S2. The Morgan fingerprint density at radius 1 is 1.26 bits per heavy atom. The molecule has 0 spiro atoms. The van der Waals surface area contributed by atoms with E-state index in [0.29, 0.717) is 9.90 Å². The third-order valence-electron chi connectivity index (χ3n) is 4.70. The molecule has 3 heterocycles. The van der Waals surface area contributed by atoms with Crippen molar-refractivity contribution in [1.29, 1.82) is 0 Å². The van der Waals surface area contributed by atoms with Gasteiger partial charge in [-0.2, -0.15) is 0 Å². The minimum atomic E-state index is -3.49. The van der Waals surface area contributed by atoms with Crippen LogP contribution in [0, 0.1) is 11.8 Å². The van der Waals surface area contributed by atoms with Crippen molar-refractivity contribution in [3.05, 3.63) is 40.0 Å². The summed E-state index contributed by atoms with van der Waals surface area (Å²) in [6.45, 7) is 6.68. The van der Waals surface area contributed by atoms with Crippen molar-refractivity contribution in [1.82, 2.24) is 4.98 Å². The minimum absolute atomic E-state index is 0.101. The highest BCUT2D eigenvalue weighted by Gasteiger charge is 2.49. The van der Waals surface area contributed by atoms with Crippen LogP contribution in [0.2, 0.25) is 5.02 Å². The molecule has 2 N–H and O–H groups in total. The van der Waals surface area contributed by atoms with Gasteiger partial charge in [-0.3, -0.25) is 9.98 Å². The Morgan fingerprint density at radius 3 is 2.59 bits per heavy atom. The highest BCUT2D eigenvalue weighted by molar-refractivity contribution is 7.93. The predicted molar refractivity (Wildman–Crippen MR) is 112 cm³/mol. The first-order chi connectivity index (χ1) is 12.5. The van der Waals surface area contributed by atoms with Crippen molar-refractivity contribution < 1.29 is 8.42 Å². The lowest BCUT2D eigenvalue weighted by Crippen LogP contribution is -2.54. The van der Waals surface area contributed by atoms with Crippen molar-refractivity contribution in [2.24, 2.45) is 10.7 Å². The van der Waals surface area contributed by atoms with Gasteiger partial charge in [0.2, 0.25) is 0 Å². The third-order valence-corrected chi connectivity index (χ3v) is 9.25. The average Bonchev–Trinajstić information content (AvgIpc) is 2.96. The van der Waals surface area contributed by atoms with E-state index in [-0.39, 0.29) is 11.6 Å². The normalized spacial score (nSPS) is 23.2. The number of hydrogen-bond donors (Lipinski definition) is 1. The van der Waals surface area contributed by atoms with E-state index in [1.807, 2.05) is 12.1 Å². The number of hydrogen-bond acceptors (Lipinski definition) is 6. The molecule has 3 rings (SSSR count). The molecule has 2 aromatic heterocycles. The second-order valence-electron chi connectivity index (χ2n) is 7.17. The van der Waals surface area contributed by atoms with Crippen LogP contribution >= 0.6 is 22.9 Å². The standard InChI is InChI=1S/C19H20ClN3O2S2/c1-5-6-12-7-13(10-22-9-12)15-8-14(20)16(26-15)19(4)11-27(24,25)18(2,3)17(21)23-19/h7-10H,11H2,1-4H3,(H2,21,23). The SMILES string of the molecule is CC#Cc1cncc(-c2cc(Cl)c(C3(C)CS(=O)(=O)C(C)(C)C(N)=N3)s2)c1. The molecule has 142 valence electrons. The predicted octanol–water partition coefficient (Wildman–Crippen LogP) is 3.61. The van der Waals surface area contributed by atoms with Crippen LogP contribution in [0.25, 0.3) is 10.4 Å². The lowest BCUT2D eigenvalue weighted by molar-refractivity contribution is 0.507. The molecule has 0 saturated heterocycles. The summed E-state index contributed by atoms with van der Waals surface area (Å²) in [5, 5.41) is 0.468. The maximum Gasteiger partial charge on any atom is 0.165 e. The summed E-state index contributed by atoms with van der Waals surface area (Å²) in [6.07, 6.45) is 3.42. The number of nitrogens with zero attached hydrogens (tertiary/aromatic N) is 2. The number of aliphatic imine (C=N–C) groups is 1. The molecule has 1 aliphatic rings. The van der Waals surface area contributed by atoms with Crippen molar-refractivity contribution in [2.45, 2.75) is 38.0 Å². The van der Waals surface area contributed by atoms with Gasteiger partial charge < -0.3 is 5.73 Å². The summed E-state index contributed by atoms with van der Waals surface area (Å²) in [6, 6.07) is 3.74. The van der Waals surface area contributed by atoms with Gasteiger partial charge in [0, 0.05) is 28.4 Å². The second-order valence-corrected chi connectivity index (χ2v) is 11.2. The summed E-state index contributed by atoms with van der Waals surface area (Å²) in [5.41, 5.74) is 6.68. The van der Waals surface area contributed by atoms with Crippen LogP contribution < -0.4 is 5.73 Å². The van der Waals surface area contributed by atoms with E-state index in [1.165, 1.54) is 11.3 Å². The van der Waals surface area contributed by atoms with E-state index in [2.05, 4.69) is 21.8 Å². The van der Waals surface area contributed by atoms with E-state index in [9.17, 15) is 8.42 Å². The molecule has 0 saturated carbocycles. The largest absolute Gasteiger partial charge is 0.386 e. The number of rotatable bonds is 2. The van der Waals surface area contributed by atoms with Crippen LogP contribution in [0.4, 0.5) is 0 Å². The first-order valence-corrected chi connectivity index (χ1v) is 11.1. The molecule has 2 aromatic rings. The van der Waals surface area contributed by atoms with Crippen LogP contribution in [0.5, 0.6) is 0 Å². The lowest BCUT2D eigenvalue weighted by atomic mass is 10.0. The maximum absolute atomic E-state index is 12.8. The zero-order chi connectivity index (χ0) is 20.0. The van der Waals surface area contributed by atoms with Crippen LogP contribution in [-0.2, 0) is 15.4 Å². The van der Waals surface area contributed by atoms with Gasteiger partial charge in [-0.1, -0.05) is 17.5 Å². The van der Waals surface area contributed by atoms with Gasteiger partial charge in [0.25, 0.3) is 0 Å². The monoisotopic (exact) mass is 421 g/mol. The Balaban J connectivity index is 2.11. The molecule has 27 heavy (non-hydrogen) atoms. The Hall–Kier alpha value is -1.88. The fraction of sp³-hybridized carbons (Fsp3) is 0.368. The number of amidine groups is 1. The van der Waals surface area contributed by atoms with E-state index >= 15 is 0 Å². The lowest BCUT2D eigenvalue weighted by Gasteiger charge is -2.37. The molecule has 8 heteroatoms. The molecule has 5 nitrogen and oxygen atoms in total. The summed E-state index contributed by atoms with van der Waals surface area (Å²) in [7, 11) is -3.49. The Bertz CT molecular complexity index is 1110. The molecule has 0 aliphatic carbocycles. The average molecular weight is 422 g/mol. The fourth-order valence-corrected chi connectivity index (χ4v) is 6.30. The van der Waals surface area contributed by atoms with Crippen LogP contribution in [0.3, 0.4) is 0 Å². The van der Waals surface area contributed by atoms with Crippen LogP contribution in [-0.4, -0.2) is 29.7 Å². The van der Waals surface area contributed by atoms with Crippen molar-refractivity contribution >= 4 is 38.6 Å². The fourth-order valence-electron chi connectivity index (χ4n) is 2.92. The number of sulfone groups is 1. The summed E-state index contributed by atoms with van der Waals surface area (Å²) >= 11 is 7.89. The number of pyridine rings is 1. The van der Waals surface area contributed by atoms with E-state index in [0.717, 1.165) is 16.0 Å². The van der Waals surface area contributed by atoms with E-state index in [1.54, 1.807) is 40.1 Å². The van der Waals surface area contributed by atoms with Crippen molar-refractivity contribution in [3.8, 4) is 22.3 Å². The highest BCUT2D eigenvalue weighted by atomic mass is 35.5. The summed E-state index contributed by atoms with van der Waals surface area (Å²) < 4.78 is 24.4. The van der Waals surface area contributed by atoms with Gasteiger partial charge in [0.1, 0.15) is 16.1 Å². The van der Waals surface area contributed by atoms with E-state index in [4.69, 9.17) is 17.3 Å². The van der Waals surface area contributed by atoms with Gasteiger partial charge in [0.15, 0.2) is 9.84 Å². The molecule has 0 bridgehead atoms. The topological polar surface area (TPSA) is 85.4 Å². The Morgan fingerprint density at radius 2 is 1.96 bits per heavy atom. The van der Waals surface area contributed by atoms with Crippen LogP contribution in [0.1, 0.15) is 38.1 Å². The first kappa shape index (κ1) is 19.9. The third kappa shape index (κ3) is 3.38. The molecule has 0 aromatic carbocycles. The quantitative estimate of drug-likeness (QED) is 0.750. The molecule has 1 atom stereocenters. The zero-order valence-corrected chi connectivity index (χ0v) is 17.9. The van der Waals surface area contributed by atoms with Gasteiger partial charge in [-0.05, 0) is 39.8 Å². The first-order valence-electron chi connectivity index (χ1n) is 8.26. The van der Waals surface area contributed by atoms with Gasteiger partial charge in [-0.25, -0.2) is 8.42 Å². The number of thiophene rings is 1. The second kappa shape index (κ2) is 6.62. The summed E-state index contributed by atoms with van der Waals surface area (Å²) in [5.74, 6) is 5.78. The van der Waals surface area contributed by atoms with Gasteiger partial charge >= 0.3 is 0 Å². The molecule has 1 unspecified atom stereocenters. The molecule has 0 amide bonds. The van der Waals surface area contributed by atoms with Crippen LogP contribution in [0.15, 0.2) is 29.5 Å². The molecule has 1 aliphatic heterocycles. The smallest absolute Gasteiger partial charge is 0.165 e. The van der Waals surface area contributed by atoms with Gasteiger partial charge in [-0.15, -0.1) is 17.3 Å². The molecule has 0 radical (unpaired) electrons. The molecular weight excluding hydrogens is 402 g/mol. The summed E-state index contributed by atoms with van der Waals surface area (Å²) in [4.78, 5) is 10.3. The molecule has 0 fully saturated rings. The van der Waals surface area contributed by atoms with Gasteiger partial charge in [0.05, 0.1) is 15.7 Å². The van der Waals surface area contributed by atoms with E-state index < -0.39 is 20.1 Å². The Kier molecular flexibility index (Phi) is 4.87.